The van der Waals surface area contributed by atoms with Crippen LogP contribution in [-0.2, 0) is 19.5 Å². The Kier molecular flexibility index (Phi) is 3.77. The molecule has 0 saturated carbocycles. The molecule has 0 aliphatic carbocycles. The summed E-state index contributed by atoms with van der Waals surface area (Å²) in [4.78, 5) is 13.5. The van der Waals surface area contributed by atoms with Crippen LogP contribution >= 0.6 is 0 Å². The lowest BCUT2D eigenvalue weighted by Crippen LogP contribution is -2.60. The summed E-state index contributed by atoms with van der Waals surface area (Å²) in [7, 11) is -3.28. The molecule has 0 aromatic heterocycles. The summed E-state index contributed by atoms with van der Waals surface area (Å²) in [6.07, 6.45) is 0.863. The first-order chi connectivity index (χ1) is 8.98. The number of ether oxygens (including phenoxy) is 2. The molecular formula is C12H22N2O5S. The fourth-order valence-corrected chi connectivity index (χ4v) is 3.17. The lowest BCUT2D eigenvalue weighted by Gasteiger charge is -2.46. The van der Waals surface area contributed by atoms with E-state index in [4.69, 9.17) is 9.47 Å². The monoisotopic (exact) mass is 306 g/mol. The molecule has 2 aliphatic heterocycles. The standard InChI is InChI=1S/C12H22N2O5S/c1-11(2,3)19-10(15)14-6-12(7-14)5-9(18-8-12)13-20(4,16)17/h9,13H,5-8H2,1-4H3. The third-order valence-electron chi connectivity index (χ3n) is 3.26. The zero-order valence-electron chi connectivity index (χ0n) is 12.3. The van der Waals surface area contributed by atoms with Crippen LogP contribution in [0, 0.1) is 5.41 Å². The Balaban J connectivity index is 1.83. The quantitative estimate of drug-likeness (QED) is 0.804. The number of carbonyl (C=O) groups excluding carboxylic acids is 1. The lowest BCUT2D eigenvalue weighted by atomic mass is 9.79. The van der Waals surface area contributed by atoms with Crippen molar-refractivity contribution in [1.82, 2.24) is 9.62 Å². The molecule has 1 spiro atoms. The third kappa shape index (κ3) is 3.83. The predicted octanol–water partition coefficient (Wildman–Crippen LogP) is 0.519. The van der Waals surface area contributed by atoms with Crippen molar-refractivity contribution in [2.45, 2.75) is 39.0 Å². The molecular weight excluding hydrogens is 284 g/mol. The van der Waals surface area contributed by atoms with E-state index in [1.807, 2.05) is 20.8 Å². The third-order valence-corrected chi connectivity index (χ3v) is 3.95. The Bertz CT molecular complexity index is 490. The maximum absolute atomic E-state index is 11.8. The van der Waals surface area contributed by atoms with Crippen LogP contribution in [-0.4, -0.2) is 57.2 Å². The second-order valence-corrected chi connectivity index (χ2v) is 8.51. The van der Waals surface area contributed by atoms with Crippen LogP contribution in [0.3, 0.4) is 0 Å². The van der Waals surface area contributed by atoms with E-state index in [2.05, 4.69) is 4.72 Å². The molecule has 1 unspecified atom stereocenters. The van der Waals surface area contributed by atoms with Crippen LogP contribution < -0.4 is 4.72 Å². The first-order valence-corrected chi connectivity index (χ1v) is 8.44. The highest BCUT2D eigenvalue weighted by Crippen LogP contribution is 2.41. The zero-order chi connectivity index (χ0) is 15.2. The number of nitrogens with one attached hydrogen (secondary N) is 1. The first kappa shape index (κ1) is 15.5. The molecule has 0 aromatic rings. The first-order valence-electron chi connectivity index (χ1n) is 6.55. The van der Waals surface area contributed by atoms with Crippen LogP contribution in [0.2, 0.25) is 0 Å². The van der Waals surface area contributed by atoms with Crippen molar-refractivity contribution in [2.75, 3.05) is 26.0 Å². The van der Waals surface area contributed by atoms with Gasteiger partial charge in [0.25, 0.3) is 0 Å². The summed E-state index contributed by atoms with van der Waals surface area (Å²) in [5.74, 6) is 0. The van der Waals surface area contributed by atoms with Gasteiger partial charge >= 0.3 is 6.09 Å². The van der Waals surface area contributed by atoms with E-state index in [0.717, 1.165) is 6.26 Å². The largest absolute Gasteiger partial charge is 0.444 e. The summed E-state index contributed by atoms with van der Waals surface area (Å²) in [6.45, 7) is 7.02. The van der Waals surface area contributed by atoms with Crippen molar-refractivity contribution in [3.63, 3.8) is 0 Å². The van der Waals surface area contributed by atoms with E-state index >= 15 is 0 Å². The van der Waals surface area contributed by atoms with Gasteiger partial charge in [0, 0.05) is 18.5 Å². The highest BCUT2D eigenvalue weighted by atomic mass is 32.2. The van der Waals surface area contributed by atoms with E-state index in [1.165, 1.54) is 0 Å². The number of likely N-dealkylation sites (tertiary alicyclic amines) is 1. The summed E-state index contributed by atoms with van der Waals surface area (Å²) in [5.41, 5.74) is -0.647. The van der Waals surface area contributed by atoms with Crippen LogP contribution in [0.15, 0.2) is 0 Å². The van der Waals surface area contributed by atoms with Crippen molar-refractivity contribution < 1.29 is 22.7 Å². The van der Waals surface area contributed by atoms with Gasteiger partial charge in [-0.05, 0) is 27.2 Å². The average molecular weight is 306 g/mol. The molecule has 116 valence electrons. The number of hydrogen-bond acceptors (Lipinski definition) is 5. The molecule has 1 atom stereocenters. The summed E-state index contributed by atoms with van der Waals surface area (Å²) in [5, 5.41) is 0. The average Bonchev–Trinajstić information content (AvgIpc) is 2.53. The van der Waals surface area contributed by atoms with Crippen LogP contribution in [0.4, 0.5) is 4.79 Å². The topological polar surface area (TPSA) is 84.9 Å². The molecule has 0 bridgehead atoms. The summed E-state index contributed by atoms with van der Waals surface area (Å²) in [6, 6.07) is 0. The van der Waals surface area contributed by atoms with E-state index in [1.54, 1.807) is 4.90 Å². The lowest BCUT2D eigenvalue weighted by molar-refractivity contribution is -0.0370. The van der Waals surface area contributed by atoms with Crippen LogP contribution in [0.25, 0.3) is 0 Å². The maximum Gasteiger partial charge on any atom is 0.410 e. The molecule has 8 heteroatoms. The molecule has 2 fully saturated rings. The molecule has 0 radical (unpaired) electrons. The molecule has 0 aromatic carbocycles. The van der Waals surface area contributed by atoms with Gasteiger partial charge in [-0.2, -0.15) is 4.72 Å². The van der Waals surface area contributed by atoms with E-state index in [0.29, 0.717) is 26.1 Å². The molecule has 1 N–H and O–H groups in total. The fourth-order valence-electron chi connectivity index (χ4n) is 2.54. The minimum atomic E-state index is -3.28. The highest BCUT2D eigenvalue weighted by molar-refractivity contribution is 7.88. The predicted molar refractivity (Wildman–Crippen MR) is 72.6 cm³/mol. The minimum Gasteiger partial charge on any atom is -0.444 e. The number of nitrogens with zero attached hydrogens (tertiary/aromatic N) is 1. The minimum absolute atomic E-state index is 0.140. The van der Waals surface area contributed by atoms with Crippen LogP contribution in [0.5, 0.6) is 0 Å². The molecule has 2 rings (SSSR count). The van der Waals surface area contributed by atoms with Crippen molar-refractivity contribution in [3.8, 4) is 0 Å². The van der Waals surface area contributed by atoms with Gasteiger partial charge in [0.05, 0.1) is 12.9 Å². The zero-order valence-corrected chi connectivity index (χ0v) is 13.1. The SMILES string of the molecule is CC(C)(C)OC(=O)N1CC2(COC(NS(C)(=O)=O)C2)C1. The number of carbonyl (C=O) groups is 1. The van der Waals surface area contributed by atoms with Crippen molar-refractivity contribution in [1.29, 1.82) is 0 Å². The molecule has 20 heavy (non-hydrogen) atoms. The van der Waals surface area contributed by atoms with Gasteiger partial charge in [-0.15, -0.1) is 0 Å². The molecule has 2 aliphatic rings. The smallest absolute Gasteiger partial charge is 0.410 e. The summed E-state index contributed by atoms with van der Waals surface area (Å²) < 4.78 is 35.5. The number of sulfonamides is 1. The second-order valence-electron chi connectivity index (χ2n) is 6.73. The van der Waals surface area contributed by atoms with Gasteiger partial charge in [-0.3, -0.25) is 0 Å². The van der Waals surface area contributed by atoms with E-state index in [9.17, 15) is 13.2 Å². The Morgan fingerprint density at radius 2 is 2.00 bits per heavy atom. The van der Waals surface area contributed by atoms with Crippen molar-refractivity contribution in [3.05, 3.63) is 0 Å². The molecule has 2 heterocycles. The van der Waals surface area contributed by atoms with Gasteiger partial charge in [0.2, 0.25) is 10.0 Å². The van der Waals surface area contributed by atoms with Gasteiger partial charge in [0.15, 0.2) is 0 Å². The van der Waals surface area contributed by atoms with Gasteiger partial charge in [0.1, 0.15) is 11.8 Å². The van der Waals surface area contributed by atoms with E-state index < -0.39 is 21.9 Å². The normalized spacial score (nSPS) is 25.6. The van der Waals surface area contributed by atoms with Gasteiger partial charge < -0.3 is 14.4 Å². The Morgan fingerprint density at radius 1 is 1.40 bits per heavy atom. The van der Waals surface area contributed by atoms with Crippen molar-refractivity contribution >= 4 is 16.1 Å². The number of hydrogen-bond donors (Lipinski definition) is 1. The fraction of sp³-hybridized carbons (Fsp3) is 0.917. The number of amides is 1. The maximum atomic E-state index is 11.8. The highest BCUT2D eigenvalue weighted by Gasteiger charge is 2.52. The van der Waals surface area contributed by atoms with Crippen molar-refractivity contribution in [2.24, 2.45) is 5.41 Å². The molecule has 2 saturated heterocycles. The molecule has 1 amide bonds. The Hall–Kier alpha value is -0.860. The summed E-state index contributed by atoms with van der Waals surface area (Å²) >= 11 is 0. The van der Waals surface area contributed by atoms with Crippen LogP contribution in [0.1, 0.15) is 27.2 Å². The van der Waals surface area contributed by atoms with E-state index in [-0.39, 0.29) is 11.5 Å². The van der Waals surface area contributed by atoms with Gasteiger partial charge in [-0.1, -0.05) is 0 Å². The second kappa shape index (κ2) is 4.85. The Morgan fingerprint density at radius 3 is 2.50 bits per heavy atom. The number of rotatable bonds is 2. The molecule has 7 nitrogen and oxygen atoms in total. The Labute approximate surface area is 119 Å². The van der Waals surface area contributed by atoms with Gasteiger partial charge in [-0.25, -0.2) is 13.2 Å².